The Hall–Kier alpha value is -0.120. The lowest BCUT2D eigenvalue weighted by molar-refractivity contribution is 0.125. The molecule has 14 heavy (non-hydrogen) atoms. The molecule has 3 heteroatoms. The van der Waals surface area contributed by atoms with Gasteiger partial charge in [0.15, 0.2) is 0 Å². The van der Waals surface area contributed by atoms with Crippen LogP contribution in [0, 0.1) is 5.92 Å². The lowest BCUT2D eigenvalue weighted by Gasteiger charge is -2.10. The molecule has 86 valence electrons. The monoisotopic (exact) mass is 202 g/mol. The molecule has 0 radical (unpaired) electrons. The summed E-state index contributed by atoms with van der Waals surface area (Å²) in [5.74, 6) is 0.747. The van der Waals surface area contributed by atoms with E-state index >= 15 is 0 Å². The zero-order valence-electron chi connectivity index (χ0n) is 10.2. The van der Waals surface area contributed by atoms with Gasteiger partial charge in [-0.2, -0.15) is 0 Å². The van der Waals surface area contributed by atoms with Gasteiger partial charge in [-0.3, -0.25) is 0 Å². The summed E-state index contributed by atoms with van der Waals surface area (Å²) in [6.07, 6.45) is 1.16. The highest BCUT2D eigenvalue weighted by molar-refractivity contribution is 4.50. The first-order valence-corrected chi connectivity index (χ1v) is 5.56. The standard InChI is InChI=1S/C11H26N2O/c1-11(2)5-9-14-10-7-12-6-8-13(3)4/h11-12H,5-10H2,1-4H3. The van der Waals surface area contributed by atoms with E-state index in [1.807, 2.05) is 0 Å². The van der Waals surface area contributed by atoms with Crippen LogP contribution in [0.15, 0.2) is 0 Å². The van der Waals surface area contributed by atoms with Gasteiger partial charge in [0.1, 0.15) is 0 Å². The summed E-state index contributed by atoms with van der Waals surface area (Å²) in [6, 6.07) is 0. The molecule has 0 rings (SSSR count). The van der Waals surface area contributed by atoms with Crippen molar-refractivity contribution < 1.29 is 4.74 Å². The van der Waals surface area contributed by atoms with Crippen molar-refractivity contribution in [2.24, 2.45) is 5.92 Å². The van der Waals surface area contributed by atoms with E-state index in [1.54, 1.807) is 0 Å². The molecule has 0 unspecified atom stereocenters. The Morgan fingerprint density at radius 2 is 1.86 bits per heavy atom. The fourth-order valence-corrected chi connectivity index (χ4v) is 0.993. The molecule has 0 fully saturated rings. The summed E-state index contributed by atoms with van der Waals surface area (Å²) in [5, 5.41) is 3.34. The van der Waals surface area contributed by atoms with E-state index in [9.17, 15) is 0 Å². The van der Waals surface area contributed by atoms with Crippen LogP contribution >= 0.6 is 0 Å². The molecule has 0 spiro atoms. The van der Waals surface area contributed by atoms with Gasteiger partial charge in [-0.1, -0.05) is 13.8 Å². The normalized spacial score (nSPS) is 11.6. The van der Waals surface area contributed by atoms with Crippen LogP contribution in [0.5, 0.6) is 0 Å². The van der Waals surface area contributed by atoms with Crippen molar-refractivity contribution in [1.29, 1.82) is 0 Å². The maximum atomic E-state index is 5.48. The highest BCUT2D eigenvalue weighted by atomic mass is 16.5. The van der Waals surface area contributed by atoms with Crippen LogP contribution < -0.4 is 5.32 Å². The second-order valence-corrected chi connectivity index (χ2v) is 4.35. The number of nitrogens with one attached hydrogen (secondary N) is 1. The Labute approximate surface area is 88.8 Å². The third-order valence-electron chi connectivity index (χ3n) is 2.00. The Morgan fingerprint density at radius 3 is 2.43 bits per heavy atom. The predicted molar refractivity (Wildman–Crippen MR) is 61.7 cm³/mol. The molecular formula is C11H26N2O. The van der Waals surface area contributed by atoms with Crippen molar-refractivity contribution in [3.8, 4) is 0 Å². The molecule has 0 aliphatic carbocycles. The fourth-order valence-electron chi connectivity index (χ4n) is 0.993. The number of ether oxygens (including phenoxy) is 1. The fraction of sp³-hybridized carbons (Fsp3) is 1.00. The lowest BCUT2D eigenvalue weighted by atomic mass is 10.1. The number of hydrogen-bond donors (Lipinski definition) is 1. The van der Waals surface area contributed by atoms with E-state index < -0.39 is 0 Å². The number of hydrogen-bond acceptors (Lipinski definition) is 3. The number of rotatable bonds is 9. The topological polar surface area (TPSA) is 24.5 Å². The smallest absolute Gasteiger partial charge is 0.0590 e. The van der Waals surface area contributed by atoms with Crippen molar-refractivity contribution in [3.63, 3.8) is 0 Å². The average molecular weight is 202 g/mol. The molecule has 1 N–H and O–H groups in total. The molecule has 0 aliphatic rings. The third-order valence-corrected chi connectivity index (χ3v) is 2.00. The van der Waals surface area contributed by atoms with Gasteiger partial charge in [-0.05, 0) is 26.4 Å². The molecule has 0 aromatic heterocycles. The highest BCUT2D eigenvalue weighted by Gasteiger charge is 1.94. The van der Waals surface area contributed by atoms with E-state index in [1.165, 1.54) is 0 Å². The summed E-state index contributed by atoms with van der Waals surface area (Å²) in [7, 11) is 4.17. The van der Waals surface area contributed by atoms with Gasteiger partial charge in [0, 0.05) is 26.2 Å². The van der Waals surface area contributed by atoms with Crippen LogP contribution in [0.1, 0.15) is 20.3 Å². The Kier molecular flexibility index (Phi) is 9.35. The molecule has 3 nitrogen and oxygen atoms in total. The van der Waals surface area contributed by atoms with Gasteiger partial charge in [0.2, 0.25) is 0 Å². The van der Waals surface area contributed by atoms with E-state index in [0.717, 1.165) is 45.2 Å². The minimum Gasteiger partial charge on any atom is -0.380 e. The first-order valence-electron chi connectivity index (χ1n) is 5.56. The second-order valence-electron chi connectivity index (χ2n) is 4.35. The molecule has 0 aliphatic heterocycles. The van der Waals surface area contributed by atoms with Crippen molar-refractivity contribution in [3.05, 3.63) is 0 Å². The maximum absolute atomic E-state index is 5.48. The zero-order chi connectivity index (χ0) is 10.8. The quantitative estimate of drug-likeness (QED) is 0.569. The molecule has 0 atom stereocenters. The van der Waals surface area contributed by atoms with Crippen molar-refractivity contribution in [1.82, 2.24) is 10.2 Å². The van der Waals surface area contributed by atoms with Crippen LogP contribution in [0.25, 0.3) is 0 Å². The lowest BCUT2D eigenvalue weighted by Crippen LogP contribution is -2.29. The molecule has 0 aromatic carbocycles. The van der Waals surface area contributed by atoms with Crippen LogP contribution in [0.3, 0.4) is 0 Å². The predicted octanol–water partition coefficient (Wildman–Crippen LogP) is 1.20. The number of nitrogens with zero attached hydrogens (tertiary/aromatic N) is 1. The van der Waals surface area contributed by atoms with Gasteiger partial charge >= 0.3 is 0 Å². The Balaban J connectivity index is 2.92. The minimum absolute atomic E-state index is 0.747. The maximum Gasteiger partial charge on any atom is 0.0590 e. The van der Waals surface area contributed by atoms with Gasteiger partial charge in [0.25, 0.3) is 0 Å². The third kappa shape index (κ3) is 11.9. The second kappa shape index (κ2) is 9.44. The minimum atomic E-state index is 0.747. The van der Waals surface area contributed by atoms with Crippen molar-refractivity contribution in [2.75, 3.05) is 46.9 Å². The van der Waals surface area contributed by atoms with E-state index in [4.69, 9.17) is 4.74 Å². The van der Waals surface area contributed by atoms with Crippen LogP contribution in [0.2, 0.25) is 0 Å². The summed E-state index contributed by atoms with van der Waals surface area (Å²) in [6.45, 7) is 9.27. The zero-order valence-corrected chi connectivity index (χ0v) is 10.2. The first-order chi connectivity index (χ1) is 6.63. The molecular weight excluding hydrogens is 176 g/mol. The molecule has 0 heterocycles. The van der Waals surface area contributed by atoms with E-state index in [0.29, 0.717) is 0 Å². The largest absolute Gasteiger partial charge is 0.380 e. The van der Waals surface area contributed by atoms with E-state index in [2.05, 4.69) is 38.2 Å². The molecule has 0 aromatic rings. The molecule has 0 bridgehead atoms. The Bertz CT molecular complexity index is 102. The highest BCUT2D eigenvalue weighted by Crippen LogP contribution is 1.97. The SMILES string of the molecule is CC(C)CCOCCNCCN(C)C. The molecule has 0 saturated carbocycles. The van der Waals surface area contributed by atoms with Gasteiger partial charge in [-0.15, -0.1) is 0 Å². The summed E-state index contributed by atoms with van der Waals surface area (Å²) in [5.41, 5.74) is 0. The van der Waals surface area contributed by atoms with Gasteiger partial charge < -0.3 is 15.0 Å². The van der Waals surface area contributed by atoms with Crippen molar-refractivity contribution in [2.45, 2.75) is 20.3 Å². The molecule has 0 saturated heterocycles. The number of likely N-dealkylation sites (N-methyl/N-ethyl adjacent to an activating group) is 1. The first kappa shape index (κ1) is 13.9. The Morgan fingerprint density at radius 1 is 1.14 bits per heavy atom. The van der Waals surface area contributed by atoms with Crippen molar-refractivity contribution >= 4 is 0 Å². The summed E-state index contributed by atoms with van der Waals surface area (Å²) >= 11 is 0. The van der Waals surface area contributed by atoms with Gasteiger partial charge in [0.05, 0.1) is 6.61 Å². The summed E-state index contributed by atoms with van der Waals surface area (Å²) in [4.78, 5) is 2.17. The van der Waals surface area contributed by atoms with E-state index in [-0.39, 0.29) is 0 Å². The average Bonchev–Trinajstić information content (AvgIpc) is 2.08. The van der Waals surface area contributed by atoms with Crippen LogP contribution in [0.4, 0.5) is 0 Å². The van der Waals surface area contributed by atoms with Crippen LogP contribution in [-0.2, 0) is 4.74 Å². The summed E-state index contributed by atoms with van der Waals surface area (Å²) < 4.78 is 5.48. The molecule has 0 amide bonds. The van der Waals surface area contributed by atoms with Crippen LogP contribution in [-0.4, -0.2) is 51.8 Å². The van der Waals surface area contributed by atoms with Gasteiger partial charge in [-0.25, -0.2) is 0 Å².